The number of fused-ring (bicyclic) bond motifs is 1. The number of ether oxygens (including phenoxy) is 1. The second-order valence-corrected chi connectivity index (χ2v) is 7.56. The molecule has 0 aromatic rings. The molecule has 0 aromatic heterocycles. The monoisotopic (exact) mass is 274 g/mol. The molecule has 1 fully saturated rings. The van der Waals surface area contributed by atoms with E-state index in [0.29, 0.717) is 6.10 Å². The maximum absolute atomic E-state index is 5.99. The van der Waals surface area contributed by atoms with E-state index in [0.717, 1.165) is 25.7 Å². The van der Waals surface area contributed by atoms with Crippen molar-refractivity contribution < 1.29 is 4.74 Å². The van der Waals surface area contributed by atoms with Gasteiger partial charge in [-0.25, -0.2) is 0 Å². The molecular weight excluding hydrogens is 244 g/mol. The summed E-state index contributed by atoms with van der Waals surface area (Å²) in [4.78, 5) is 0. The van der Waals surface area contributed by atoms with Crippen LogP contribution < -0.4 is 0 Å². The zero-order valence-electron chi connectivity index (χ0n) is 13.8. The smallest absolute Gasteiger partial charge is 0.0955 e. The second kappa shape index (κ2) is 5.89. The summed E-state index contributed by atoms with van der Waals surface area (Å²) in [7, 11) is 0. The van der Waals surface area contributed by atoms with Gasteiger partial charge in [-0.3, -0.25) is 0 Å². The average Bonchev–Trinajstić information content (AvgIpc) is 2.95. The highest BCUT2D eigenvalue weighted by Gasteiger charge is 2.52. The maximum Gasteiger partial charge on any atom is 0.0955 e. The van der Waals surface area contributed by atoms with Crippen molar-refractivity contribution in [3.05, 3.63) is 35.5 Å². The van der Waals surface area contributed by atoms with E-state index in [2.05, 4.69) is 58.9 Å². The van der Waals surface area contributed by atoms with Crippen molar-refractivity contribution in [2.45, 2.75) is 78.4 Å². The molecule has 0 radical (unpaired) electrons. The molecule has 20 heavy (non-hydrogen) atoms. The van der Waals surface area contributed by atoms with Crippen LogP contribution in [0.4, 0.5) is 0 Å². The first-order valence-corrected chi connectivity index (χ1v) is 7.98. The minimum Gasteiger partial charge on any atom is -0.366 e. The van der Waals surface area contributed by atoms with Gasteiger partial charge in [0.2, 0.25) is 0 Å². The Labute approximate surface area is 124 Å². The molecule has 1 saturated heterocycles. The first kappa shape index (κ1) is 15.6. The number of hydrogen-bond acceptors (Lipinski definition) is 1. The Kier molecular flexibility index (Phi) is 4.59. The number of allylic oxidation sites excluding steroid dienone is 5. The predicted molar refractivity (Wildman–Crippen MR) is 86.8 cm³/mol. The summed E-state index contributed by atoms with van der Waals surface area (Å²) in [6.07, 6.45) is 15.5. The van der Waals surface area contributed by atoms with Crippen LogP contribution in [0.5, 0.6) is 0 Å². The van der Waals surface area contributed by atoms with Crippen molar-refractivity contribution in [2.75, 3.05) is 0 Å². The third-order valence-electron chi connectivity index (χ3n) is 4.64. The highest BCUT2D eigenvalue weighted by Crippen LogP contribution is 2.46. The molecule has 2 unspecified atom stereocenters. The fraction of sp³-hybridized carbons (Fsp3) is 0.684. The van der Waals surface area contributed by atoms with Gasteiger partial charge in [0, 0.05) is 0 Å². The maximum atomic E-state index is 5.99. The first-order chi connectivity index (χ1) is 9.31. The van der Waals surface area contributed by atoms with Gasteiger partial charge < -0.3 is 4.74 Å². The van der Waals surface area contributed by atoms with Crippen molar-refractivity contribution in [3.8, 4) is 0 Å². The van der Waals surface area contributed by atoms with E-state index < -0.39 is 0 Å². The van der Waals surface area contributed by atoms with Crippen LogP contribution in [0.1, 0.15) is 66.7 Å². The highest BCUT2D eigenvalue weighted by molar-refractivity contribution is 5.14. The predicted octanol–water partition coefficient (Wildman–Crippen LogP) is 5.58. The zero-order valence-corrected chi connectivity index (χ0v) is 13.8. The van der Waals surface area contributed by atoms with Crippen molar-refractivity contribution in [1.82, 2.24) is 0 Å². The largest absolute Gasteiger partial charge is 0.366 e. The molecule has 1 heteroatoms. The normalized spacial score (nSPS) is 34.5. The first-order valence-electron chi connectivity index (χ1n) is 7.98. The SMILES string of the molecule is CC1=CCCC(C)=CCC2(C)OC2CC(C)(C)C=CC1. The molecule has 2 atom stereocenters. The van der Waals surface area contributed by atoms with E-state index in [1.54, 1.807) is 0 Å². The van der Waals surface area contributed by atoms with Crippen LogP contribution in [-0.2, 0) is 4.74 Å². The van der Waals surface area contributed by atoms with E-state index in [-0.39, 0.29) is 11.0 Å². The van der Waals surface area contributed by atoms with Crippen LogP contribution in [0.3, 0.4) is 0 Å². The molecule has 0 amide bonds. The zero-order chi connectivity index (χ0) is 14.8. The van der Waals surface area contributed by atoms with Gasteiger partial charge >= 0.3 is 0 Å². The Hall–Kier alpha value is -0.820. The number of hydrogen-bond donors (Lipinski definition) is 0. The van der Waals surface area contributed by atoms with Crippen LogP contribution in [0.25, 0.3) is 0 Å². The van der Waals surface area contributed by atoms with Gasteiger partial charge in [-0.1, -0.05) is 49.3 Å². The van der Waals surface area contributed by atoms with E-state index in [1.165, 1.54) is 17.6 Å². The van der Waals surface area contributed by atoms with Crippen molar-refractivity contribution in [2.24, 2.45) is 5.41 Å². The Balaban J connectivity index is 2.11. The quantitative estimate of drug-likeness (QED) is 0.415. The van der Waals surface area contributed by atoms with Crippen molar-refractivity contribution in [1.29, 1.82) is 0 Å². The molecule has 0 bridgehead atoms. The highest BCUT2D eigenvalue weighted by atomic mass is 16.6. The van der Waals surface area contributed by atoms with Crippen molar-refractivity contribution in [3.63, 3.8) is 0 Å². The second-order valence-electron chi connectivity index (χ2n) is 7.56. The lowest BCUT2D eigenvalue weighted by molar-refractivity contribution is 0.287. The van der Waals surface area contributed by atoms with Gasteiger partial charge in [-0.2, -0.15) is 0 Å². The fourth-order valence-corrected chi connectivity index (χ4v) is 2.95. The standard InChI is InChI=1S/C19H30O/c1-15-8-6-9-16(2)11-13-19(5)17(20-19)14-18(3,4)12-7-10-15/h7-8,11-12,17H,6,9-10,13-14H2,1-5H3. The molecule has 112 valence electrons. The minimum absolute atomic E-state index is 0.0856. The Morgan fingerprint density at radius 3 is 2.60 bits per heavy atom. The molecule has 0 aromatic carbocycles. The van der Waals surface area contributed by atoms with Crippen LogP contribution in [0, 0.1) is 5.41 Å². The van der Waals surface area contributed by atoms with Gasteiger partial charge in [0.05, 0.1) is 11.7 Å². The molecule has 0 N–H and O–H groups in total. The summed E-state index contributed by atoms with van der Waals surface area (Å²) < 4.78 is 5.99. The summed E-state index contributed by atoms with van der Waals surface area (Å²) in [6, 6.07) is 0. The molecule has 1 aliphatic heterocycles. The Bertz CT molecular complexity index is 439. The molecule has 2 rings (SSSR count). The summed E-state index contributed by atoms with van der Waals surface area (Å²) in [5, 5.41) is 0. The molecule has 0 saturated carbocycles. The van der Waals surface area contributed by atoms with Gasteiger partial charge in [0.1, 0.15) is 0 Å². The molecular formula is C19H30O. The minimum atomic E-state index is 0.0856. The molecule has 1 nitrogen and oxygen atoms in total. The topological polar surface area (TPSA) is 12.5 Å². The Morgan fingerprint density at radius 1 is 1.10 bits per heavy atom. The third kappa shape index (κ3) is 4.34. The third-order valence-corrected chi connectivity index (χ3v) is 4.64. The Morgan fingerprint density at radius 2 is 1.85 bits per heavy atom. The van der Waals surface area contributed by atoms with Gasteiger partial charge in [0.15, 0.2) is 0 Å². The van der Waals surface area contributed by atoms with Crippen LogP contribution in [0.2, 0.25) is 0 Å². The van der Waals surface area contributed by atoms with Crippen LogP contribution in [0.15, 0.2) is 35.5 Å². The number of rotatable bonds is 0. The summed E-state index contributed by atoms with van der Waals surface area (Å²) in [5.74, 6) is 0. The van der Waals surface area contributed by atoms with Gasteiger partial charge in [0.25, 0.3) is 0 Å². The lowest BCUT2D eigenvalue weighted by atomic mass is 9.83. The van der Waals surface area contributed by atoms with E-state index in [4.69, 9.17) is 4.74 Å². The fourth-order valence-electron chi connectivity index (χ4n) is 2.95. The molecule has 1 aliphatic carbocycles. The van der Waals surface area contributed by atoms with E-state index in [9.17, 15) is 0 Å². The average molecular weight is 274 g/mol. The molecule has 2 aliphatic rings. The summed E-state index contributed by atoms with van der Waals surface area (Å²) in [5.41, 5.74) is 3.29. The number of epoxide rings is 1. The van der Waals surface area contributed by atoms with E-state index >= 15 is 0 Å². The molecule has 0 spiro atoms. The van der Waals surface area contributed by atoms with E-state index in [1.807, 2.05) is 0 Å². The lowest BCUT2D eigenvalue weighted by Gasteiger charge is -2.20. The van der Waals surface area contributed by atoms with Gasteiger partial charge in [-0.15, -0.1) is 0 Å². The summed E-state index contributed by atoms with van der Waals surface area (Å²) in [6.45, 7) is 11.4. The van der Waals surface area contributed by atoms with Crippen LogP contribution in [-0.4, -0.2) is 11.7 Å². The lowest BCUT2D eigenvalue weighted by Crippen LogP contribution is -2.17. The summed E-state index contributed by atoms with van der Waals surface area (Å²) >= 11 is 0. The molecule has 1 heterocycles. The van der Waals surface area contributed by atoms with Crippen molar-refractivity contribution >= 4 is 0 Å². The van der Waals surface area contributed by atoms with Gasteiger partial charge in [-0.05, 0) is 58.3 Å². The van der Waals surface area contributed by atoms with Crippen LogP contribution >= 0.6 is 0 Å².